The number of aryl methyl sites for hydroxylation is 1. The molecule has 23 heavy (non-hydrogen) atoms. The predicted octanol–water partition coefficient (Wildman–Crippen LogP) is 2.46. The summed E-state index contributed by atoms with van der Waals surface area (Å²) < 4.78 is 44.0. The minimum Gasteiger partial charge on any atom is -0.379 e. The summed E-state index contributed by atoms with van der Waals surface area (Å²) in [5.41, 5.74) is 1.39. The number of nitrogens with zero attached hydrogens (tertiary/aromatic N) is 2. The Hall–Kier alpha value is -1.57. The highest BCUT2D eigenvalue weighted by molar-refractivity contribution is 5.84. The summed E-state index contributed by atoms with van der Waals surface area (Å²) in [4.78, 5) is 12.4. The van der Waals surface area contributed by atoms with Gasteiger partial charge < -0.3 is 10.1 Å². The summed E-state index contributed by atoms with van der Waals surface area (Å²) in [5.74, 6) is -0.767. The molecule has 2 rings (SSSR count). The van der Waals surface area contributed by atoms with Gasteiger partial charge in [0, 0.05) is 17.9 Å². The van der Waals surface area contributed by atoms with Gasteiger partial charge in [-0.25, -0.2) is 0 Å². The van der Waals surface area contributed by atoms with E-state index in [0.29, 0.717) is 30.2 Å². The lowest BCUT2D eigenvalue weighted by molar-refractivity contribution is -0.143. The van der Waals surface area contributed by atoms with Crippen molar-refractivity contribution in [2.75, 3.05) is 13.2 Å². The molecule has 2 heterocycles. The van der Waals surface area contributed by atoms with Crippen molar-refractivity contribution in [3.05, 3.63) is 17.0 Å². The van der Waals surface area contributed by atoms with Gasteiger partial charge in [-0.2, -0.15) is 18.3 Å². The van der Waals surface area contributed by atoms with E-state index in [2.05, 4.69) is 10.4 Å². The molecule has 0 unspecified atom stereocenters. The first-order chi connectivity index (χ1) is 10.7. The average Bonchev–Trinajstić information content (AvgIpc) is 2.71. The second-order valence-corrected chi connectivity index (χ2v) is 6.00. The number of amides is 1. The van der Waals surface area contributed by atoms with Crippen LogP contribution < -0.4 is 5.32 Å². The quantitative estimate of drug-likeness (QED) is 0.921. The van der Waals surface area contributed by atoms with Crippen LogP contribution in [0.25, 0.3) is 0 Å². The van der Waals surface area contributed by atoms with Gasteiger partial charge in [-0.05, 0) is 33.6 Å². The van der Waals surface area contributed by atoms with Crippen LogP contribution in [0.3, 0.4) is 0 Å². The Kier molecular flexibility index (Phi) is 5.33. The van der Waals surface area contributed by atoms with Gasteiger partial charge in [0.1, 0.15) is 6.54 Å². The topological polar surface area (TPSA) is 56.2 Å². The normalized spacial score (nSPS) is 20.3. The Morgan fingerprint density at radius 2 is 2.17 bits per heavy atom. The molecule has 0 spiro atoms. The smallest absolute Gasteiger partial charge is 0.379 e. The van der Waals surface area contributed by atoms with Gasteiger partial charge in [0.05, 0.1) is 24.3 Å². The number of halogens is 3. The SMILES string of the molecule is Cc1nn(CC(F)(F)F)c(C)c1[C@H](C)C(=O)N[C@@H]1CCCOC1. The largest absolute Gasteiger partial charge is 0.408 e. The van der Waals surface area contributed by atoms with Crippen molar-refractivity contribution in [1.82, 2.24) is 15.1 Å². The fraction of sp³-hybridized carbons (Fsp3) is 0.733. The van der Waals surface area contributed by atoms with Gasteiger partial charge in [0.25, 0.3) is 0 Å². The molecule has 1 aromatic rings. The molecular formula is C15H22F3N3O2. The van der Waals surface area contributed by atoms with Gasteiger partial charge in [0.2, 0.25) is 5.91 Å². The van der Waals surface area contributed by atoms with Crippen LogP contribution in [0.2, 0.25) is 0 Å². The van der Waals surface area contributed by atoms with Crippen molar-refractivity contribution in [3.8, 4) is 0 Å². The summed E-state index contributed by atoms with van der Waals surface area (Å²) in [6, 6.07) is -0.0375. The van der Waals surface area contributed by atoms with E-state index in [4.69, 9.17) is 4.74 Å². The molecule has 0 saturated carbocycles. The molecule has 1 aromatic heterocycles. The summed E-state index contributed by atoms with van der Waals surface area (Å²) in [5, 5.41) is 6.84. The Labute approximate surface area is 133 Å². The highest BCUT2D eigenvalue weighted by atomic mass is 19.4. The lowest BCUT2D eigenvalue weighted by Crippen LogP contribution is -2.42. The molecule has 1 saturated heterocycles. The lowest BCUT2D eigenvalue weighted by Gasteiger charge is -2.24. The second kappa shape index (κ2) is 6.90. The van der Waals surface area contributed by atoms with Crippen molar-refractivity contribution < 1.29 is 22.7 Å². The third-order valence-corrected chi connectivity index (χ3v) is 4.10. The molecule has 0 aliphatic carbocycles. The molecule has 0 radical (unpaired) electrons. The summed E-state index contributed by atoms with van der Waals surface area (Å²) >= 11 is 0. The van der Waals surface area contributed by atoms with E-state index in [1.165, 1.54) is 0 Å². The zero-order valence-electron chi connectivity index (χ0n) is 13.5. The van der Waals surface area contributed by atoms with Crippen molar-refractivity contribution in [1.29, 1.82) is 0 Å². The summed E-state index contributed by atoms with van der Waals surface area (Å²) in [6.45, 7) is 4.91. The zero-order valence-corrected chi connectivity index (χ0v) is 13.5. The monoisotopic (exact) mass is 333 g/mol. The number of aromatic nitrogens is 2. The van der Waals surface area contributed by atoms with E-state index in [-0.39, 0.29) is 11.9 Å². The van der Waals surface area contributed by atoms with E-state index in [9.17, 15) is 18.0 Å². The minimum atomic E-state index is -4.34. The van der Waals surface area contributed by atoms with Gasteiger partial charge in [-0.1, -0.05) is 0 Å². The van der Waals surface area contributed by atoms with Gasteiger partial charge in [-0.15, -0.1) is 0 Å². The number of alkyl halides is 3. The highest BCUT2D eigenvalue weighted by Crippen LogP contribution is 2.26. The van der Waals surface area contributed by atoms with Crippen LogP contribution in [0, 0.1) is 13.8 Å². The van der Waals surface area contributed by atoms with Gasteiger partial charge in [-0.3, -0.25) is 9.48 Å². The Bertz CT molecular complexity index is 563. The number of carbonyl (C=O) groups is 1. The van der Waals surface area contributed by atoms with Crippen LogP contribution in [-0.2, 0) is 16.1 Å². The van der Waals surface area contributed by atoms with Crippen molar-refractivity contribution in [2.24, 2.45) is 0 Å². The first-order valence-corrected chi connectivity index (χ1v) is 7.68. The number of nitrogens with one attached hydrogen (secondary N) is 1. The maximum absolute atomic E-state index is 12.6. The van der Waals surface area contributed by atoms with E-state index in [1.54, 1.807) is 20.8 Å². The lowest BCUT2D eigenvalue weighted by atomic mass is 9.97. The molecule has 0 bridgehead atoms. The molecule has 1 aliphatic rings. The third-order valence-electron chi connectivity index (χ3n) is 4.10. The molecule has 1 amide bonds. The minimum absolute atomic E-state index is 0.0375. The van der Waals surface area contributed by atoms with Gasteiger partial charge in [0.15, 0.2) is 0 Å². The number of carbonyl (C=O) groups excluding carboxylic acids is 1. The van der Waals surface area contributed by atoms with Gasteiger partial charge >= 0.3 is 6.18 Å². The number of ether oxygens (including phenoxy) is 1. The Balaban J connectivity index is 2.11. The fourth-order valence-corrected chi connectivity index (χ4v) is 2.97. The molecular weight excluding hydrogens is 311 g/mol. The average molecular weight is 333 g/mol. The van der Waals surface area contributed by atoms with Crippen LogP contribution in [-0.4, -0.2) is 41.1 Å². The molecule has 8 heteroatoms. The summed E-state index contributed by atoms with van der Waals surface area (Å²) in [6.07, 6.45) is -2.60. The highest BCUT2D eigenvalue weighted by Gasteiger charge is 2.32. The molecule has 2 atom stereocenters. The van der Waals surface area contributed by atoms with Crippen LogP contribution in [0.1, 0.15) is 42.6 Å². The van der Waals surface area contributed by atoms with Crippen LogP contribution in [0.4, 0.5) is 13.2 Å². The maximum atomic E-state index is 12.6. The predicted molar refractivity (Wildman–Crippen MR) is 78.2 cm³/mol. The van der Waals surface area contributed by atoms with E-state index in [1.807, 2.05) is 0 Å². The number of hydrogen-bond acceptors (Lipinski definition) is 3. The van der Waals surface area contributed by atoms with E-state index < -0.39 is 18.6 Å². The van der Waals surface area contributed by atoms with Crippen molar-refractivity contribution >= 4 is 5.91 Å². The molecule has 1 fully saturated rings. The zero-order chi connectivity index (χ0) is 17.2. The molecule has 1 aliphatic heterocycles. The first-order valence-electron chi connectivity index (χ1n) is 7.68. The molecule has 5 nitrogen and oxygen atoms in total. The Morgan fingerprint density at radius 3 is 2.74 bits per heavy atom. The molecule has 130 valence electrons. The van der Waals surface area contributed by atoms with Crippen LogP contribution in [0.5, 0.6) is 0 Å². The number of hydrogen-bond donors (Lipinski definition) is 1. The molecule has 0 aromatic carbocycles. The van der Waals surface area contributed by atoms with Crippen molar-refractivity contribution in [2.45, 2.75) is 58.3 Å². The fourth-order valence-electron chi connectivity index (χ4n) is 2.97. The van der Waals surface area contributed by atoms with Crippen LogP contribution >= 0.6 is 0 Å². The second-order valence-electron chi connectivity index (χ2n) is 6.00. The summed E-state index contributed by atoms with van der Waals surface area (Å²) in [7, 11) is 0. The van der Waals surface area contributed by atoms with Crippen molar-refractivity contribution in [3.63, 3.8) is 0 Å². The maximum Gasteiger partial charge on any atom is 0.408 e. The van der Waals surface area contributed by atoms with Crippen LogP contribution in [0.15, 0.2) is 0 Å². The standard InChI is InChI=1S/C15H22F3N3O2/c1-9(14(22)19-12-5-4-6-23-7-12)13-10(2)20-21(11(13)3)8-15(16,17)18/h9,12H,4-8H2,1-3H3,(H,19,22)/t9-,12+/m0/s1. The van der Waals surface area contributed by atoms with E-state index in [0.717, 1.165) is 17.5 Å². The third kappa shape index (κ3) is 4.46. The number of rotatable bonds is 4. The first kappa shape index (κ1) is 17.8. The Morgan fingerprint density at radius 1 is 1.48 bits per heavy atom. The molecule has 1 N–H and O–H groups in total. The van der Waals surface area contributed by atoms with E-state index >= 15 is 0 Å².